The molecule has 1 unspecified atom stereocenters. The fourth-order valence-electron chi connectivity index (χ4n) is 1.41. The number of carbonyl (C=O) groups excluding carboxylic acids is 1. The SMILES string of the molecule is CCOC(=O)C(C)Oc1ccc(CNC(C)C)nc1. The largest absolute Gasteiger partial charge is 0.477 e. The first-order valence-corrected chi connectivity index (χ1v) is 6.54. The van der Waals surface area contributed by atoms with E-state index in [1.54, 1.807) is 26.1 Å². The van der Waals surface area contributed by atoms with Crippen molar-refractivity contribution >= 4 is 5.97 Å². The van der Waals surface area contributed by atoms with E-state index in [1.807, 2.05) is 6.07 Å². The van der Waals surface area contributed by atoms with Crippen LogP contribution in [0.15, 0.2) is 18.3 Å². The lowest BCUT2D eigenvalue weighted by atomic mass is 10.3. The highest BCUT2D eigenvalue weighted by Crippen LogP contribution is 2.12. The maximum Gasteiger partial charge on any atom is 0.347 e. The van der Waals surface area contributed by atoms with Gasteiger partial charge >= 0.3 is 5.97 Å². The predicted octanol–water partition coefficient (Wildman–Crippen LogP) is 1.91. The zero-order valence-corrected chi connectivity index (χ0v) is 12.0. The second kappa shape index (κ2) is 7.74. The summed E-state index contributed by atoms with van der Waals surface area (Å²) in [4.78, 5) is 15.7. The van der Waals surface area contributed by atoms with Gasteiger partial charge < -0.3 is 14.8 Å². The lowest BCUT2D eigenvalue weighted by Gasteiger charge is -2.13. The van der Waals surface area contributed by atoms with Crippen molar-refractivity contribution in [1.29, 1.82) is 0 Å². The number of pyridine rings is 1. The second-order valence-corrected chi connectivity index (χ2v) is 4.53. The van der Waals surface area contributed by atoms with E-state index in [4.69, 9.17) is 9.47 Å². The van der Waals surface area contributed by atoms with Crippen LogP contribution in [0.2, 0.25) is 0 Å². The summed E-state index contributed by atoms with van der Waals surface area (Å²) in [7, 11) is 0. The van der Waals surface area contributed by atoms with Gasteiger partial charge in [0.15, 0.2) is 6.10 Å². The number of nitrogens with zero attached hydrogens (tertiary/aromatic N) is 1. The molecule has 1 rings (SSSR count). The molecule has 0 amide bonds. The molecule has 106 valence electrons. The van der Waals surface area contributed by atoms with Gasteiger partial charge in [0.25, 0.3) is 0 Å². The monoisotopic (exact) mass is 266 g/mol. The highest BCUT2D eigenvalue weighted by molar-refractivity contribution is 5.74. The zero-order valence-electron chi connectivity index (χ0n) is 12.0. The third kappa shape index (κ3) is 5.70. The molecule has 1 atom stereocenters. The van der Waals surface area contributed by atoms with Gasteiger partial charge in [0, 0.05) is 12.6 Å². The van der Waals surface area contributed by atoms with Gasteiger partial charge in [-0.25, -0.2) is 4.79 Å². The molecule has 5 heteroatoms. The number of rotatable bonds is 7. The molecule has 0 aromatic carbocycles. The van der Waals surface area contributed by atoms with Crippen LogP contribution >= 0.6 is 0 Å². The van der Waals surface area contributed by atoms with Crippen LogP contribution in [0, 0.1) is 0 Å². The van der Waals surface area contributed by atoms with E-state index >= 15 is 0 Å². The van der Waals surface area contributed by atoms with Crippen molar-refractivity contribution in [2.45, 2.75) is 46.4 Å². The molecule has 0 fully saturated rings. The maximum atomic E-state index is 11.4. The van der Waals surface area contributed by atoms with Crippen LogP contribution in [0.25, 0.3) is 0 Å². The number of aromatic nitrogens is 1. The molecule has 0 radical (unpaired) electrons. The average Bonchev–Trinajstić information content (AvgIpc) is 2.38. The predicted molar refractivity (Wildman–Crippen MR) is 72.9 cm³/mol. The van der Waals surface area contributed by atoms with Crippen molar-refractivity contribution in [2.75, 3.05) is 6.61 Å². The highest BCUT2D eigenvalue weighted by atomic mass is 16.6. The summed E-state index contributed by atoms with van der Waals surface area (Å²) in [5, 5.41) is 3.28. The summed E-state index contributed by atoms with van der Waals surface area (Å²) in [5.41, 5.74) is 0.935. The van der Waals surface area contributed by atoms with Gasteiger partial charge in [0.1, 0.15) is 5.75 Å². The smallest absolute Gasteiger partial charge is 0.347 e. The standard InChI is InChI=1S/C14H22N2O3/c1-5-18-14(17)11(4)19-13-7-6-12(16-9-13)8-15-10(2)3/h6-7,9-11,15H,5,8H2,1-4H3. The van der Waals surface area contributed by atoms with Crippen LogP contribution in [0.5, 0.6) is 5.75 Å². The molecule has 1 aromatic rings. The number of hydrogen-bond donors (Lipinski definition) is 1. The van der Waals surface area contributed by atoms with E-state index in [1.165, 1.54) is 0 Å². The van der Waals surface area contributed by atoms with Crippen LogP contribution in [0.3, 0.4) is 0 Å². The zero-order chi connectivity index (χ0) is 14.3. The van der Waals surface area contributed by atoms with Crippen LogP contribution < -0.4 is 10.1 Å². The third-order valence-electron chi connectivity index (χ3n) is 2.42. The summed E-state index contributed by atoms with van der Waals surface area (Å²) in [5.74, 6) is 0.196. The normalized spacial score (nSPS) is 12.3. The van der Waals surface area contributed by atoms with Gasteiger partial charge in [-0.1, -0.05) is 13.8 Å². The molecule has 0 aliphatic carbocycles. The summed E-state index contributed by atoms with van der Waals surface area (Å²) in [6.07, 6.45) is 0.994. The molecule has 0 saturated heterocycles. The topological polar surface area (TPSA) is 60.5 Å². The number of ether oxygens (including phenoxy) is 2. The molecule has 1 aromatic heterocycles. The number of hydrogen-bond acceptors (Lipinski definition) is 5. The van der Waals surface area contributed by atoms with Crippen LogP contribution in [-0.4, -0.2) is 29.7 Å². The van der Waals surface area contributed by atoms with Crippen LogP contribution in [0.1, 0.15) is 33.4 Å². The van der Waals surface area contributed by atoms with Crippen LogP contribution in [0.4, 0.5) is 0 Å². The molecule has 1 heterocycles. The third-order valence-corrected chi connectivity index (χ3v) is 2.42. The molecular weight excluding hydrogens is 244 g/mol. The molecule has 19 heavy (non-hydrogen) atoms. The average molecular weight is 266 g/mol. The number of esters is 1. The van der Waals surface area contributed by atoms with E-state index in [-0.39, 0.29) is 5.97 Å². The van der Waals surface area contributed by atoms with E-state index in [0.29, 0.717) is 24.9 Å². The fourth-order valence-corrected chi connectivity index (χ4v) is 1.41. The molecule has 0 saturated carbocycles. The van der Waals surface area contributed by atoms with Crippen molar-refractivity contribution < 1.29 is 14.3 Å². The maximum absolute atomic E-state index is 11.4. The summed E-state index contributed by atoms with van der Waals surface area (Å²) >= 11 is 0. The summed E-state index contributed by atoms with van der Waals surface area (Å²) < 4.78 is 10.3. The Balaban J connectivity index is 2.49. The van der Waals surface area contributed by atoms with Crippen molar-refractivity contribution in [2.24, 2.45) is 0 Å². The van der Waals surface area contributed by atoms with Crippen molar-refractivity contribution in [3.05, 3.63) is 24.0 Å². The molecule has 0 aliphatic heterocycles. The quantitative estimate of drug-likeness (QED) is 0.764. The fraction of sp³-hybridized carbons (Fsp3) is 0.571. The minimum atomic E-state index is -0.624. The van der Waals surface area contributed by atoms with Gasteiger partial charge in [0.05, 0.1) is 18.5 Å². The van der Waals surface area contributed by atoms with Crippen molar-refractivity contribution in [1.82, 2.24) is 10.3 Å². The Morgan fingerprint density at radius 2 is 2.11 bits per heavy atom. The first kappa shape index (κ1) is 15.4. The molecule has 1 N–H and O–H groups in total. The lowest BCUT2D eigenvalue weighted by Crippen LogP contribution is -2.26. The Kier molecular flexibility index (Phi) is 6.29. The van der Waals surface area contributed by atoms with E-state index in [2.05, 4.69) is 24.1 Å². The first-order chi connectivity index (χ1) is 9.02. The minimum absolute atomic E-state index is 0.352. The van der Waals surface area contributed by atoms with E-state index in [9.17, 15) is 4.79 Å². The Morgan fingerprint density at radius 1 is 1.37 bits per heavy atom. The molecular formula is C14H22N2O3. The molecule has 0 spiro atoms. The molecule has 0 aliphatic rings. The van der Waals surface area contributed by atoms with E-state index < -0.39 is 6.10 Å². The van der Waals surface area contributed by atoms with Gasteiger partial charge in [0.2, 0.25) is 0 Å². The summed E-state index contributed by atoms with van der Waals surface area (Å²) in [6, 6.07) is 4.10. The Labute approximate surface area is 114 Å². The highest BCUT2D eigenvalue weighted by Gasteiger charge is 2.15. The lowest BCUT2D eigenvalue weighted by molar-refractivity contribution is -0.150. The van der Waals surface area contributed by atoms with Crippen molar-refractivity contribution in [3.63, 3.8) is 0 Å². The second-order valence-electron chi connectivity index (χ2n) is 4.53. The van der Waals surface area contributed by atoms with E-state index in [0.717, 1.165) is 5.69 Å². The minimum Gasteiger partial charge on any atom is -0.477 e. The Morgan fingerprint density at radius 3 is 2.63 bits per heavy atom. The van der Waals surface area contributed by atoms with Gasteiger partial charge in [-0.15, -0.1) is 0 Å². The van der Waals surface area contributed by atoms with Crippen molar-refractivity contribution in [3.8, 4) is 5.75 Å². The molecule has 5 nitrogen and oxygen atoms in total. The Hall–Kier alpha value is -1.62. The van der Waals surface area contributed by atoms with Gasteiger partial charge in [-0.3, -0.25) is 4.98 Å². The van der Waals surface area contributed by atoms with Gasteiger partial charge in [-0.05, 0) is 26.0 Å². The van der Waals surface area contributed by atoms with Gasteiger partial charge in [-0.2, -0.15) is 0 Å². The number of carbonyl (C=O) groups is 1. The Bertz CT molecular complexity index is 390. The first-order valence-electron chi connectivity index (χ1n) is 6.54. The summed E-state index contributed by atoms with van der Waals surface area (Å²) in [6.45, 7) is 8.65. The van der Waals surface area contributed by atoms with Crippen LogP contribution in [-0.2, 0) is 16.1 Å². The number of nitrogens with one attached hydrogen (secondary N) is 1. The molecule has 0 bridgehead atoms.